The summed E-state index contributed by atoms with van der Waals surface area (Å²) in [6.07, 6.45) is 20.9. The number of hydrogen-bond acceptors (Lipinski definition) is 16. The van der Waals surface area contributed by atoms with Crippen molar-refractivity contribution in [1.82, 2.24) is 9.80 Å². The van der Waals surface area contributed by atoms with Crippen LogP contribution in [0.25, 0.3) is 0 Å². The van der Waals surface area contributed by atoms with Crippen LogP contribution in [0.15, 0.2) is 9.98 Å². The Labute approximate surface area is 667 Å². The van der Waals surface area contributed by atoms with Crippen LogP contribution in [0.5, 0.6) is 0 Å². The summed E-state index contributed by atoms with van der Waals surface area (Å²) in [6.45, 7) is 53.0. The van der Waals surface area contributed by atoms with Crippen LogP contribution in [0.2, 0.25) is 40.9 Å². The summed E-state index contributed by atoms with van der Waals surface area (Å²) in [5.74, 6) is 6.97. The number of sulfone groups is 2. The molecule has 0 heterocycles. The summed E-state index contributed by atoms with van der Waals surface area (Å²) < 4.78 is 74.7. The molecule has 0 aromatic carbocycles. The minimum Gasteiger partial charge on any atom is -0.388 e. The molecule has 0 aromatic rings. The van der Waals surface area contributed by atoms with Gasteiger partial charge in [0.1, 0.15) is 26.4 Å². The minimum atomic E-state index is -2.67. The SMILES string of the molecule is C.C.C.C/C=[N+](/C)O.C=S(C)(C)=O.C=S(C)C.CB(C)C.CC(C)=[N+](C)O.CN(C)C.CN(C)C.CN=C(C)C.CN=C(C)C.COC.CP(C)(C)=O.CP(C)(C)=S.CP(C)C.CS(C)(=O)=O.CS(C)(=O)=O.CS(C)=O.CSC.C[B-](C)C.C[PH+](C)C.[Y].[Y].[Y]. The summed E-state index contributed by atoms with van der Waals surface area (Å²) in [4.78, 5) is 11.6. The first kappa shape index (κ1) is 171. The summed E-state index contributed by atoms with van der Waals surface area (Å²) >= 11 is 6.69. The second-order valence-electron chi connectivity index (χ2n) is 23.7. The Hall–Kier alpha value is 3.98. The Balaban J connectivity index is -0.0000000215. The van der Waals surface area contributed by atoms with E-state index in [9.17, 15) is 29.8 Å². The minimum absolute atomic E-state index is 0. The molecule has 0 amide bonds. The molecular weight excluding hydrogens is 1580 g/mol. The van der Waals surface area contributed by atoms with Crippen molar-refractivity contribution in [2.45, 2.75) is 112 Å². The number of nitrogens with zero attached hydrogens (tertiary/aromatic N) is 6. The zero-order valence-electron chi connectivity index (χ0n) is 66.9. The van der Waals surface area contributed by atoms with E-state index in [-0.39, 0.29) is 128 Å². The van der Waals surface area contributed by atoms with Gasteiger partial charge in [-0.3, -0.25) is 28.8 Å². The summed E-state index contributed by atoms with van der Waals surface area (Å²) in [7, 11) is 13.6. The van der Waals surface area contributed by atoms with Gasteiger partial charge in [0.25, 0.3) is 0 Å². The van der Waals surface area contributed by atoms with Crippen molar-refractivity contribution >= 4 is 152 Å². The van der Waals surface area contributed by atoms with Gasteiger partial charge in [-0.25, -0.2) is 37.3 Å². The molecule has 0 bridgehead atoms. The maximum absolute atomic E-state index is 10.2. The van der Waals surface area contributed by atoms with E-state index in [4.69, 9.17) is 22.2 Å². The molecule has 0 atom stereocenters. The Morgan fingerprint density at radius 3 is 0.711 bits per heavy atom. The number of hydroxylamine groups is 2. The molecule has 4 radical (unpaired) electrons. The normalized spacial score (nSPS) is 8.69. The molecule has 0 saturated carbocycles. The van der Waals surface area contributed by atoms with Gasteiger partial charge < -0.3 is 19.1 Å². The van der Waals surface area contributed by atoms with Gasteiger partial charge >= 0.3 is 0 Å². The van der Waals surface area contributed by atoms with Crippen molar-refractivity contribution in [3.05, 3.63) is 0 Å². The zero-order chi connectivity index (χ0) is 74.5. The fourth-order valence-electron chi connectivity index (χ4n) is 0. The standard InChI is InChI=1S/C4H10NO.2C4H9N.2C3H9B.C3H8NO.2C3H9N.C3H9OP.C3H8OS.C3H9PS.2C3H9P.C3H8S.2C2H6O2S.C2H6OS.C2H6O.C2H6S.3CH4.3Y/c1-4(2)5(3)6;2*1-4(2)5-3;2*1-4(2)3;1-3-4(2)5;2*1-4(2)3;2*1-5(2,3)4;1-4(2,3)5;3*1-4(2)3;2*1-5(2,3)4;1-4(2)3;2*1-3-2;;;;;;/h6H,1-3H3;2*1-3H3;2*1-3H3;3,5H,1-2H3;2*1-3H3;1-3H3;1H2,2-3H3;1-3H3;2*1-3H3;1H2,2-3H3;2*1-2H3;1-2H3;2*1-2H3;3*1H4;;;/q+1;;;;-1;+1;;;;;;;;;;;;;;;;;;;/p+1/b;;;;;4-3-;;;;;;;;;;;;;;;;;;;. The van der Waals surface area contributed by atoms with E-state index in [1.807, 2.05) is 106 Å². The van der Waals surface area contributed by atoms with Gasteiger partial charge in [0, 0.05) is 239 Å². The molecule has 32 heteroatoms. The van der Waals surface area contributed by atoms with Crippen LogP contribution in [0.3, 0.4) is 0 Å². The molecule has 90 heavy (non-hydrogen) atoms. The fourth-order valence-corrected chi connectivity index (χ4v) is 0. The van der Waals surface area contributed by atoms with E-state index >= 15 is 0 Å². The Bertz CT molecular complexity index is 1590. The van der Waals surface area contributed by atoms with Crippen molar-refractivity contribution in [1.29, 1.82) is 0 Å². The van der Waals surface area contributed by atoms with Crippen LogP contribution in [0, 0.1) is 0 Å². The average Bonchev–Trinajstić information content (AvgIpc) is 3.11. The van der Waals surface area contributed by atoms with Crippen molar-refractivity contribution < 1.29 is 153 Å². The molecule has 0 aliphatic rings. The van der Waals surface area contributed by atoms with Gasteiger partial charge in [-0.1, -0.05) is 66.5 Å². The molecule has 0 fully saturated rings. The average molecular weight is 1750 g/mol. The maximum Gasteiger partial charge on any atom is 0.197 e. The fraction of sp³-hybridized carbons (Fsp3) is 0.897. The zero-order valence-corrected chi connectivity index (χ0v) is 84.8. The molecule has 16 nitrogen and oxygen atoms in total. The number of hydrogen-bond donors (Lipinski definition) is 2. The van der Waals surface area contributed by atoms with Crippen LogP contribution in [0.1, 0.15) is 70.7 Å². The first-order valence-corrected chi connectivity index (χ1v) is 51.9. The first-order chi connectivity index (χ1) is 36.1. The second-order valence-corrected chi connectivity index (χ2v) is 51.9. The van der Waals surface area contributed by atoms with Gasteiger partial charge in [0.05, 0.1) is 7.14 Å². The van der Waals surface area contributed by atoms with E-state index < -0.39 is 53.2 Å². The number of aliphatic imine (C=N–C) groups is 2. The van der Waals surface area contributed by atoms with Crippen molar-refractivity contribution in [2.24, 2.45) is 9.98 Å². The summed E-state index contributed by atoms with van der Waals surface area (Å²) in [5, 5.41) is 16.6. The Kier molecular flexibility index (Phi) is 245. The van der Waals surface area contributed by atoms with Crippen LogP contribution >= 0.6 is 51.3 Å². The van der Waals surface area contributed by atoms with Crippen LogP contribution < -0.4 is 0 Å². The molecule has 0 saturated heterocycles. The largest absolute Gasteiger partial charge is 0.388 e. The third kappa shape index (κ3) is 3890. The first-order valence-electron chi connectivity index (χ1n) is 26.0. The second kappa shape index (κ2) is 129. The summed E-state index contributed by atoms with van der Waals surface area (Å²) in [5.41, 5.74) is 3.16. The van der Waals surface area contributed by atoms with E-state index in [1.165, 1.54) is 0 Å². The van der Waals surface area contributed by atoms with Crippen LogP contribution in [-0.2, 0) is 159 Å². The molecule has 0 aliphatic carbocycles. The predicted molar refractivity (Wildman–Crippen MR) is 455 cm³/mol. The van der Waals surface area contributed by atoms with Crippen LogP contribution in [0.4, 0.5) is 0 Å². The molecule has 0 aliphatic heterocycles. The van der Waals surface area contributed by atoms with Gasteiger partial charge in [0.2, 0.25) is 0 Å². The van der Waals surface area contributed by atoms with E-state index in [0.29, 0.717) is 18.4 Å². The molecular formula is C58H167B2N6O10P4S7Y3+2. The molecule has 0 aromatic heterocycles. The number of thioether (sulfide) groups is 1. The van der Waals surface area contributed by atoms with E-state index in [0.717, 1.165) is 65.1 Å². The number of methoxy groups -OCH3 is 1. The monoisotopic (exact) mass is 1740 g/mol. The summed E-state index contributed by atoms with van der Waals surface area (Å²) in [6, 6.07) is -0.806. The predicted octanol–water partition coefficient (Wildman–Crippen LogP) is 14.3. The van der Waals surface area contributed by atoms with Gasteiger partial charge in [-0.2, -0.15) is 22.2 Å². The van der Waals surface area contributed by atoms with Crippen molar-refractivity contribution in [3.63, 3.8) is 0 Å². The number of rotatable bonds is 0. The molecule has 564 valence electrons. The van der Waals surface area contributed by atoms with E-state index in [1.54, 1.807) is 112 Å². The van der Waals surface area contributed by atoms with Gasteiger partial charge in [0.15, 0.2) is 26.0 Å². The molecule has 0 spiro atoms. The third-order valence-corrected chi connectivity index (χ3v) is 1.92. The Morgan fingerprint density at radius 2 is 0.711 bits per heavy atom. The Morgan fingerprint density at radius 1 is 0.678 bits per heavy atom. The van der Waals surface area contributed by atoms with E-state index in [2.05, 4.69) is 140 Å². The number of ether oxygens (including phenoxy) is 1. The third-order valence-electron chi connectivity index (χ3n) is 1.92. The topological polar surface area (TPSA) is 206 Å². The molecule has 2 N–H and O–H groups in total. The smallest absolute Gasteiger partial charge is 0.197 e. The van der Waals surface area contributed by atoms with Crippen molar-refractivity contribution in [2.75, 3.05) is 240 Å². The quantitative estimate of drug-likeness (QED) is 0.0440. The maximum atomic E-state index is 10.2. The van der Waals surface area contributed by atoms with Crippen molar-refractivity contribution in [3.8, 4) is 0 Å². The molecule has 0 unspecified atom stereocenters. The van der Waals surface area contributed by atoms with Gasteiger partial charge in [-0.15, -0.1) is 14.6 Å². The molecule has 0 rings (SSSR count). The van der Waals surface area contributed by atoms with Gasteiger partial charge in [-0.05, 0) is 188 Å². The van der Waals surface area contributed by atoms with Crippen LogP contribution in [-0.4, -0.2) is 343 Å².